The third kappa shape index (κ3) is 4.30. The van der Waals surface area contributed by atoms with Crippen LogP contribution in [-0.4, -0.2) is 51.1 Å². The predicted octanol–water partition coefficient (Wildman–Crippen LogP) is 2.12. The van der Waals surface area contributed by atoms with E-state index in [4.69, 9.17) is 0 Å². The molecular weight excluding hydrogens is 318 g/mol. The van der Waals surface area contributed by atoms with Crippen molar-refractivity contribution in [2.24, 2.45) is 0 Å². The van der Waals surface area contributed by atoms with E-state index in [2.05, 4.69) is 19.9 Å². The molecule has 0 saturated carbocycles. The minimum atomic E-state index is -0.904. The summed E-state index contributed by atoms with van der Waals surface area (Å²) in [6.45, 7) is 2.43. The van der Waals surface area contributed by atoms with Crippen LogP contribution in [0.5, 0.6) is 0 Å². The summed E-state index contributed by atoms with van der Waals surface area (Å²) < 4.78 is 0. The number of carbonyl (C=O) groups is 1. The second-order valence-electron chi connectivity index (χ2n) is 6.35. The van der Waals surface area contributed by atoms with Gasteiger partial charge in [-0.25, -0.2) is 4.98 Å². The van der Waals surface area contributed by atoms with Crippen LogP contribution in [0.2, 0.25) is 0 Å². The summed E-state index contributed by atoms with van der Waals surface area (Å²) >= 11 is 0. The van der Waals surface area contributed by atoms with Gasteiger partial charge in [0.25, 0.3) is 0 Å². The number of piperidine rings is 1. The van der Waals surface area contributed by atoms with E-state index in [9.17, 15) is 9.90 Å². The van der Waals surface area contributed by atoms with Crippen molar-refractivity contribution in [1.82, 2.24) is 19.9 Å². The fourth-order valence-corrected chi connectivity index (χ4v) is 3.21. The zero-order valence-corrected chi connectivity index (χ0v) is 14.4. The standard InChI is InChI=1S/C18H23N5O2/c1-22(13-15-12-19-7-8-20-15)17(18(24)25)14-5-6-16(21-11-14)23-9-3-2-4-10-23/h5-8,11-12,17H,2-4,9-10,13H2,1H3,(H,24,25)/t17-/m0/s1. The van der Waals surface area contributed by atoms with Crippen molar-refractivity contribution in [2.75, 3.05) is 25.0 Å². The van der Waals surface area contributed by atoms with Gasteiger partial charge in [-0.05, 0) is 37.9 Å². The average molecular weight is 341 g/mol. The molecule has 2 aromatic rings. The van der Waals surface area contributed by atoms with Crippen molar-refractivity contribution in [2.45, 2.75) is 31.8 Å². The highest BCUT2D eigenvalue weighted by Crippen LogP contribution is 2.24. The Morgan fingerprint density at radius 2 is 2.00 bits per heavy atom. The van der Waals surface area contributed by atoms with E-state index >= 15 is 0 Å². The normalized spacial score (nSPS) is 16.0. The van der Waals surface area contributed by atoms with Crippen LogP contribution in [-0.2, 0) is 11.3 Å². The molecule has 0 amide bonds. The Balaban J connectivity index is 1.74. The lowest BCUT2D eigenvalue weighted by Gasteiger charge is -2.28. The third-order valence-corrected chi connectivity index (χ3v) is 4.47. The monoisotopic (exact) mass is 341 g/mol. The van der Waals surface area contributed by atoms with Crippen molar-refractivity contribution in [3.05, 3.63) is 48.2 Å². The Bertz CT molecular complexity index is 686. The Hall–Kier alpha value is -2.54. The zero-order chi connectivity index (χ0) is 17.6. The minimum Gasteiger partial charge on any atom is -0.480 e. The maximum atomic E-state index is 11.8. The Kier molecular flexibility index (Phi) is 5.55. The van der Waals surface area contributed by atoms with E-state index in [1.54, 1.807) is 36.7 Å². The quantitative estimate of drug-likeness (QED) is 0.861. The molecule has 0 aliphatic carbocycles. The van der Waals surface area contributed by atoms with Gasteiger partial charge >= 0.3 is 5.97 Å². The van der Waals surface area contributed by atoms with Gasteiger partial charge in [-0.15, -0.1) is 0 Å². The first-order chi connectivity index (χ1) is 12.1. The van der Waals surface area contributed by atoms with Gasteiger partial charge < -0.3 is 10.0 Å². The van der Waals surface area contributed by atoms with E-state index in [0.29, 0.717) is 12.1 Å². The van der Waals surface area contributed by atoms with Gasteiger partial charge in [0.05, 0.1) is 5.69 Å². The molecule has 1 atom stereocenters. The van der Waals surface area contributed by atoms with Crippen molar-refractivity contribution in [1.29, 1.82) is 0 Å². The van der Waals surface area contributed by atoms with Crippen LogP contribution in [0, 0.1) is 0 Å². The van der Waals surface area contributed by atoms with E-state index < -0.39 is 12.0 Å². The highest BCUT2D eigenvalue weighted by atomic mass is 16.4. The van der Waals surface area contributed by atoms with Crippen molar-refractivity contribution in [3.63, 3.8) is 0 Å². The lowest BCUT2D eigenvalue weighted by molar-refractivity contribution is -0.143. The number of aliphatic carboxylic acids is 1. The molecule has 132 valence electrons. The van der Waals surface area contributed by atoms with Gasteiger partial charge in [-0.3, -0.25) is 19.7 Å². The zero-order valence-electron chi connectivity index (χ0n) is 14.4. The number of hydrogen-bond donors (Lipinski definition) is 1. The van der Waals surface area contributed by atoms with Crippen LogP contribution in [0.1, 0.15) is 36.6 Å². The van der Waals surface area contributed by atoms with Gasteiger partial charge in [0.1, 0.15) is 11.9 Å². The summed E-state index contributed by atoms with van der Waals surface area (Å²) in [7, 11) is 1.77. The van der Waals surface area contributed by atoms with E-state index in [-0.39, 0.29) is 0 Å². The molecule has 1 saturated heterocycles. The minimum absolute atomic E-state index is 0.401. The van der Waals surface area contributed by atoms with Crippen LogP contribution in [0.4, 0.5) is 5.82 Å². The smallest absolute Gasteiger partial charge is 0.325 e. The molecule has 1 aliphatic heterocycles. The number of pyridine rings is 1. The lowest BCUT2D eigenvalue weighted by Crippen LogP contribution is -2.32. The van der Waals surface area contributed by atoms with Crippen LogP contribution in [0.3, 0.4) is 0 Å². The summed E-state index contributed by atoms with van der Waals surface area (Å²) in [6, 6.07) is 3.01. The molecule has 3 heterocycles. The number of nitrogens with zero attached hydrogens (tertiary/aromatic N) is 5. The van der Waals surface area contributed by atoms with Gasteiger partial charge in [-0.1, -0.05) is 6.07 Å². The molecule has 2 aromatic heterocycles. The first-order valence-electron chi connectivity index (χ1n) is 8.54. The number of carboxylic acid groups (broad SMARTS) is 1. The molecule has 1 N–H and O–H groups in total. The SMILES string of the molecule is CN(Cc1cnccn1)[C@H](C(=O)O)c1ccc(N2CCCCC2)nc1. The number of likely N-dealkylation sites (N-methyl/N-ethyl adjacent to an activating group) is 1. The Labute approximate surface area is 147 Å². The topological polar surface area (TPSA) is 82.5 Å². The molecule has 0 unspecified atom stereocenters. The Morgan fingerprint density at radius 3 is 2.60 bits per heavy atom. The van der Waals surface area contributed by atoms with Gasteiger partial charge in [-0.2, -0.15) is 0 Å². The molecule has 1 fully saturated rings. The first kappa shape index (κ1) is 17.3. The van der Waals surface area contributed by atoms with Crippen LogP contribution in [0.15, 0.2) is 36.9 Å². The van der Waals surface area contributed by atoms with Gasteiger partial charge in [0, 0.05) is 44.4 Å². The highest BCUT2D eigenvalue weighted by molar-refractivity contribution is 5.75. The molecule has 25 heavy (non-hydrogen) atoms. The number of carboxylic acids is 1. The average Bonchev–Trinajstić information content (AvgIpc) is 2.64. The van der Waals surface area contributed by atoms with E-state index in [1.165, 1.54) is 19.3 Å². The first-order valence-corrected chi connectivity index (χ1v) is 8.54. The third-order valence-electron chi connectivity index (χ3n) is 4.47. The molecule has 0 radical (unpaired) electrons. The molecule has 0 spiro atoms. The summed E-state index contributed by atoms with van der Waals surface area (Å²) in [6.07, 6.45) is 10.2. The fraction of sp³-hybridized carbons (Fsp3) is 0.444. The molecule has 7 nitrogen and oxygen atoms in total. The van der Waals surface area contributed by atoms with E-state index in [0.717, 1.165) is 24.6 Å². The molecule has 0 aromatic carbocycles. The predicted molar refractivity (Wildman–Crippen MR) is 94.2 cm³/mol. The van der Waals surface area contributed by atoms with Gasteiger partial charge in [0.15, 0.2) is 0 Å². The summed E-state index contributed by atoms with van der Waals surface area (Å²) in [5, 5.41) is 9.68. The van der Waals surface area contributed by atoms with E-state index in [1.807, 2.05) is 12.1 Å². The molecule has 7 heteroatoms. The summed E-state index contributed by atoms with van der Waals surface area (Å²) in [5.41, 5.74) is 1.40. The fourth-order valence-electron chi connectivity index (χ4n) is 3.21. The Morgan fingerprint density at radius 1 is 1.20 bits per heavy atom. The highest BCUT2D eigenvalue weighted by Gasteiger charge is 2.26. The second-order valence-corrected chi connectivity index (χ2v) is 6.35. The summed E-state index contributed by atoms with van der Waals surface area (Å²) in [4.78, 5) is 28.5. The number of hydrogen-bond acceptors (Lipinski definition) is 6. The largest absolute Gasteiger partial charge is 0.480 e. The second kappa shape index (κ2) is 8.02. The van der Waals surface area contributed by atoms with Crippen molar-refractivity contribution < 1.29 is 9.90 Å². The maximum Gasteiger partial charge on any atom is 0.325 e. The molecule has 3 rings (SSSR count). The van der Waals surface area contributed by atoms with Crippen LogP contribution >= 0.6 is 0 Å². The lowest BCUT2D eigenvalue weighted by atomic mass is 10.1. The number of aromatic nitrogens is 3. The number of anilines is 1. The van der Waals surface area contributed by atoms with Gasteiger partial charge in [0.2, 0.25) is 0 Å². The van der Waals surface area contributed by atoms with Crippen molar-refractivity contribution in [3.8, 4) is 0 Å². The van der Waals surface area contributed by atoms with Crippen LogP contribution < -0.4 is 4.90 Å². The number of rotatable bonds is 6. The summed E-state index contributed by atoms with van der Waals surface area (Å²) in [5.74, 6) is 0.0167. The van der Waals surface area contributed by atoms with Crippen molar-refractivity contribution >= 4 is 11.8 Å². The molecule has 0 bridgehead atoms. The van der Waals surface area contributed by atoms with Crippen LogP contribution in [0.25, 0.3) is 0 Å². The molecular formula is C18H23N5O2. The molecule has 1 aliphatic rings. The maximum absolute atomic E-state index is 11.8.